The van der Waals surface area contributed by atoms with Gasteiger partial charge in [0.1, 0.15) is 0 Å². The minimum absolute atomic E-state index is 0. The summed E-state index contributed by atoms with van der Waals surface area (Å²) >= 11 is 0. The van der Waals surface area contributed by atoms with E-state index in [1.54, 1.807) is 0 Å². The van der Waals surface area contributed by atoms with E-state index in [0.717, 1.165) is 13.2 Å². The third-order valence-corrected chi connectivity index (χ3v) is 0.827. The molecule has 0 radical (unpaired) electrons. The minimum atomic E-state index is 0. The molecule has 0 aromatic heterocycles. The molecule has 1 nitrogen and oxygen atoms in total. The van der Waals surface area contributed by atoms with Crippen LogP contribution in [0, 0.1) is 0 Å². The molecule has 0 spiro atoms. The van der Waals surface area contributed by atoms with Crippen molar-refractivity contribution in [2.75, 3.05) is 13.2 Å². The van der Waals surface area contributed by atoms with Crippen LogP contribution in [0.5, 0.6) is 0 Å². The predicted octanol–water partition coefficient (Wildman–Crippen LogP) is -0.329. The summed E-state index contributed by atoms with van der Waals surface area (Å²) in [6.45, 7) is 2.00. The summed E-state index contributed by atoms with van der Waals surface area (Å²) in [6.07, 6.45) is 2.56. The zero-order valence-corrected chi connectivity index (χ0v) is 5.36. The van der Waals surface area contributed by atoms with Gasteiger partial charge in [0.05, 0.1) is 0 Å². The van der Waals surface area contributed by atoms with E-state index < -0.39 is 0 Å². The Bertz CT molecular complexity index is 23.3. The molecule has 1 aliphatic rings. The van der Waals surface area contributed by atoms with Crippen LogP contribution in [0.2, 0.25) is 0 Å². The van der Waals surface area contributed by atoms with Gasteiger partial charge in [-0.2, -0.15) is 9.90 Å². The average Bonchev–Trinajstić information content (AvgIpc) is 1.76. The fraction of sp³-hybridized carbons (Fsp3) is 1.00. The van der Waals surface area contributed by atoms with Crippen molar-refractivity contribution >= 4 is 29.7 Å². The van der Waals surface area contributed by atoms with E-state index in [4.69, 9.17) is 4.74 Å². The van der Waals surface area contributed by atoms with Crippen LogP contribution in [-0.2, 0) is 4.74 Å². The zero-order valence-electron chi connectivity index (χ0n) is 3.94. The fourth-order valence-corrected chi connectivity index (χ4v) is 0.510. The van der Waals surface area contributed by atoms with Gasteiger partial charge in [0.2, 0.25) is 0 Å². The Balaban J connectivity index is 0. The van der Waals surface area contributed by atoms with Crippen molar-refractivity contribution in [2.24, 2.45) is 0 Å². The van der Waals surface area contributed by atoms with Gasteiger partial charge < -0.3 is 4.74 Å². The number of ether oxygens (including phenoxy) is 1. The Morgan fingerprint density at radius 1 is 1.00 bits per heavy atom. The molecule has 1 heterocycles. The second kappa shape index (κ2) is 7.03. The molecule has 0 N–H and O–H groups in total. The molecule has 0 bridgehead atoms. The van der Waals surface area contributed by atoms with Crippen molar-refractivity contribution in [3.8, 4) is 0 Å². The van der Waals surface area contributed by atoms with E-state index in [1.165, 1.54) is 12.8 Å². The van der Waals surface area contributed by atoms with Gasteiger partial charge in [-0.1, -0.05) is 0 Å². The summed E-state index contributed by atoms with van der Waals surface area (Å²) in [4.78, 5) is 0. The first kappa shape index (κ1) is 10.9. The topological polar surface area (TPSA) is 9.23 Å². The average molecular weight is 179 g/mol. The van der Waals surface area contributed by atoms with Gasteiger partial charge in [-0.05, 0) is 12.8 Å². The Morgan fingerprint density at radius 2 is 1.43 bits per heavy atom. The fourth-order valence-electron chi connectivity index (χ4n) is 0.510. The molecule has 1 rings (SSSR count). The van der Waals surface area contributed by atoms with E-state index >= 15 is 0 Å². The maximum absolute atomic E-state index is 4.94. The Kier molecular flexibility index (Phi) is 11.0. The molecular weight excluding hydrogens is 165 g/mol. The van der Waals surface area contributed by atoms with Crippen LogP contribution in [0.1, 0.15) is 12.8 Å². The van der Waals surface area contributed by atoms with E-state index in [1.807, 2.05) is 0 Å². The summed E-state index contributed by atoms with van der Waals surface area (Å²) in [5.74, 6) is 0. The quantitative estimate of drug-likeness (QED) is 0.365. The molecule has 3 heteroatoms. The first-order chi connectivity index (χ1) is 2.50. The van der Waals surface area contributed by atoms with Crippen molar-refractivity contribution in [3.05, 3.63) is 0 Å². The summed E-state index contributed by atoms with van der Waals surface area (Å²) in [6, 6.07) is 0. The van der Waals surface area contributed by atoms with Crippen LogP contribution in [0.25, 0.3) is 0 Å². The van der Waals surface area contributed by atoms with Gasteiger partial charge in [-0.15, -0.1) is 0 Å². The van der Waals surface area contributed by atoms with Crippen LogP contribution in [0.4, 0.5) is 0 Å². The van der Waals surface area contributed by atoms with Gasteiger partial charge >= 0.3 is 19.8 Å². The van der Waals surface area contributed by atoms with E-state index in [-0.39, 0.29) is 29.7 Å². The Hall–Kier alpha value is 1.03. The van der Waals surface area contributed by atoms with Crippen LogP contribution in [-0.4, -0.2) is 33.0 Å². The molecule has 1 atom stereocenters. The molecule has 1 aliphatic heterocycles. The molecule has 0 aliphatic carbocycles. The molecule has 1 fully saturated rings. The van der Waals surface area contributed by atoms with E-state index in [2.05, 4.69) is 0 Å². The van der Waals surface area contributed by atoms with Crippen molar-refractivity contribution in [1.82, 2.24) is 0 Å². The summed E-state index contributed by atoms with van der Waals surface area (Å²) in [5.41, 5.74) is 0. The van der Waals surface area contributed by atoms with Crippen molar-refractivity contribution in [1.29, 1.82) is 0 Å². The normalized spacial score (nSPS) is 17.1. The zero-order chi connectivity index (χ0) is 3.54. The standard InChI is InChI=1S/C4H8O.Ga.H3P.3H/c1-2-4-5-3-1;;;;;/h1-4H2;;1H3;;;. The first-order valence-corrected chi connectivity index (χ1v) is 2.08. The molecule has 1 unspecified atom stereocenters. The van der Waals surface area contributed by atoms with Crippen molar-refractivity contribution < 1.29 is 4.74 Å². The monoisotopic (exact) mass is 178 g/mol. The Labute approximate surface area is 60.9 Å². The van der Waals surface area contributed by atoms with Crippen LogP contribution < -0.4 is 0 Å². The molecule has 44 valence electrons. The SMILES string of the molecule is C1CCOC1.P.[GaH3]. The summed E-state index contributed by atoms with van der Waals surface area (Å²) in [7, 11) is 0. The molecule has 0 aromatic rings. The number of hydrogen-bond donors (Lipinski definition) is 0. The second-order valence-corrected chi connectivity index (χ2v) is 1.32. The maximum atomic E-state index is 4.94. The molecule has 0 aromatic carbocycles. The number of hydrogen-bond acceptors (Lipinski definition) is 1. The number of rotatable bonds is 0. The van der Waals surface area contributed by atoms with Crippen LogP contribution in [0.15, 0.2) is 0 Å². The molecular formula is C4H14GaOP. The molecule has 7 heavy (non-hydrogen) atoms. The van der Waals surface area contributed by atoms with Gasteiger partial charge in [-0.3, -0.25) is 0 Å². The summed E-state index contributed by atoms with van der Waals surface area (Å²) < 4.78 is 4.94. The third kappa shape index (κ3) is 4.89. The van der Waals surface area contributed by atoms with E-state index in [9.17, 15) is 0 Å². The van der Waals surface area contributed by atoms with Crippen LogP contribution in [0.3, 0.4) is 0 Å². The van der Waals surface area contributed by atoms with Crippen molar-refractivity contribution in [3.63, 3.8) is 0 Å². The van der Waals surface area contributed by atoms with Gasteiger partial charge in [-0.25, -0.2) is 0 Å². The van der Waals surface area contributed by atoms with Crippen LogP contribution >= 0.6 is 9.90 Å². The molecule has 0 saturated carbocycles. The second-order valence-electron chi connectivity index (χ2n) is 1.32. The molecule has 1 saturated heterocycles. The third-order valence-electron chi connectivity index (χ3n) is 0.827. The first-order valence-electron chi connectivity index (χ1n) is 2.08. The van der Waals surface area contributed by atoms with Gasteiger partial charge in [0.25, 0.3) is 0 Å². The molecule has 0 amide bonds. The van der Waals surface area contributed by atoms with Crippen molar-refractivity contribution in [2.45, 2.75) is 12.8 Å². The van der Waals surface area contributed by atoms with E-state index in [0.29, 0.717) is 0 Å². The van der Waals surface area contributed by atoms with Gasteiger partial charge in [0.15, 0.2) is 0 Å². The summed E-state index contributed by atoms with van der Waals surface area (Å²) in [5, 5.41) is 0. The Morgan fingerprint density at radius 3 is 1.57 bits per heavy atom. The predicted molar refractivity (Wildman–Crippen MR) is 41.1 cm³/mol. The van der Waals surface area contributed by atoms with Gasteiger partial charge in [0, 0.05) is 13.2 Å².